The molecule has 35 heavy (non-hydrogen) atoms. The summed E-state index contributed by atoms with van der Waals surface area (Å²) >= 11 is 1.63. The first kappa shape index (κ1) is 23.7. The normalized spacial score (nSPS) is 17.2. The van der Waals surface area contributed by atoms with Gasteiger partial charge in [0, 0.05) is 36.8 Å². The molecule has 0 saturated carbocycles. The summed E-state index contributed by atoms with van der Waals surface area (Å²) in [6, 6.07) is 12.0. The molecule has 0 N–H and O–H groups in total. The third kappa shape index (κ3) is 4.88. The summed E-state index contributed by atoms with van der Waals surface area (Å²) < 4.78 is 10.4. The zero-order chi connectivity index (χ0) is 24.6. The molecule has 3 aromatic rings. The van der Waals surface area contributed by atoms with Crippen LogP contribution in [0.5, 0.6) is 0 Å². The van der Waals surface area contributed by atoms with E-state index in [1.165, 1.54) is 7.11 Å². The van der Waals surface area contributed by atoms with E-state index in [1.54, 1.807) is 11.3 Å². The average Bonchev–Trinajstić information content (AvgIpc) is 3.23. The third-order valence-corrected chi connectivity index (χ3v) is 8.02. The van der Waals surface area contributed by atoms with E-state index in [9.17, 15) is 9.59 Å². The number of hydrogen-bond donors (Lipinski definition) is 0. The zero-order valence-corrected chi connectivity index (χ0v) is 21.2. The van der Waals surface area contributed by atoms with Gasteiger partial charge < -0.3 is 14.4 Å². The molecule has 182 valence electrons. The highest BCUT2D eigenvalue weighted by Gasteiger charge is 2.37. The first-order chi connectivity index (χ1) is 16.8. The van der Waals surface area contributed by atoms with Crippen LogP contribution in [-0.2, 0) is 27.1 Å². The molecule has 1 fully saturated rings. The monoisotopic (exact) mass is 490 g/mol. The number of ketones is 1. The van der Waals surface area contributed by atoms with Crippen LogP contribution >= 0.6 is 11.3 Å². The number of methoxy groups -OCH3 is 1. The Labute approximate surface area is 209 Å². The summed E-state index contributed by atoms with van der Waals surface area (Å²) in [6.07, 6.45) is 3.51. The predicted octanol–water partition coefficient (Wildman–Crippen LogP) is 5.18. The number of fused-ring (bicyclic) bond motifs is 1. The second-order valence-corrected chi connectivity index (χ2v) is 11.0. The van der Waals surface area contributed by atoms with Crippen molar-refractivity contribution in [1.82, 2.24) is 4.98 Å². The molecule has 1 saturated heterocycles. The highest BCUT2D eigenvalue weighted by molar-refractivity contribution is 7.19. The van der Waals surface area contributed by atoms with Gasteiger partial charge in [-0.25, -0.2) is 0 Å². The minimum Gasteiger partial charge on any atom is -0.469 e. The van der Waals surface area contributed by atoms with Gasteiger partial charge in [-0.05, 0) is 46.7 Å². The molecule has 0 spiro atoms. The van der Waals surface area contributed by atoms with Gasteiger partial charge in [-0.15, -0.1) is 11.3 Å². The molecule has 1 aliphatic heterocycles. The molecule has 0 unspecified atom stereocenters. The zero-order valence-electron chi connectivity index (χ0n) is 20.4. The third-order valence-electron chi connectivity index (χ3n) is 6.68. The molecular weight excluding hydrogens is 460 g/mol. The first-order valence-electron chi connectivity index (χ1n) is 12.0. The van der Waals surface area contributed by atoms with Gasteiger partial charge in [-0.3, -0.25) is 14.6 Å². The summed E-state index contributed by atoms with van der Waals surface area (Å²) in [5.41, 5.74) is 5.98. The van der Waals surface area contributed by atoms with Crippen LogP contribution in [0, 0.1) is 5.41 Å². The van der Waals surface area contributed by atoms with E-state index in [0.29, 0.717) is 19.6 Å². The fourth-order valence-electron chi connectivity index (χ4n) is 5.01. The number of rotatable bonds is 5. The molecule has 5 rings (SSSR count). The van der Waals surface area contributed by atoms with Crippen LogP contribution in [0.1, 0.15) is 41.1 Å². The van der Waals surface area contributed by atoms with Crippen molar-refractivity contribution in [3.63, 3.8) is 0 Å². The van der Waals surface area contributed by atoms with E-state index >= 15 is 0 Å². The predicted molar refractivity (Wildman–Crippen MR) is 138 cm³/mol. The number of aromatic nitrogens is 1. The molecule has 7 heteroatoms. The second-order valence-electron chi connectivity index (χ2n) is 10.0. The van der Waals surface area contributed by atoms with Crippen LogP contribution in [0.4, 0.5) is 5.00 Å². The lowest BCUT2D eigenvalue weighted by Gasteiger charge is -2.30. The Hall–Kier alpha value is -3.03. The van der Waals surface area contributed by atoms with Gasteiger partial charge in [0.2, 0.25) is 0 Å². The lowest BCUT2D eigenvalue weighted by molar-refractivity contribution is -0.139. The number of carbonyl (C=O) groups is 2. The van der Waals surface area contributed by atoms with Crippen molar-refractivity contribution in [2.45, 2.75) is 33.1 Å². The van der Waals surface area contributed by atoms with Crippen molar-refractivity contribution in [3.05, 3.63) is 58.6 Å². The number of nitrogens with zero attached hydrogens (tertiary/aromatic N) is 2. The molecule has 0 atom stereocenters. The molecule has 6 nitrogen and oxygen atoms in total. The Balaban J connectivity index is 1.60. The number of morpholine rings is 1. The summed E-state index contributed by atoms with van der Waals surface area (Å²) in [5.74, 6) is -0.0250. The molecule has 0 radical (unpaired) electrons. The molecule has 2 aromatic heterocycles. The average molecular weight is 491 g/mol. The van der Waals surface area contributed by atoms with E-state index in [0.717, 1.165) is 62.9 Å². The van der Waals surface area contributed by atoms with Crippen LogP contribution in [-0.4, -0.2) is 50.1 Å². The van der Waals surface area contributed by atoms with Gasteiger partial charge >= 0.3 is 5.97 Å². The molecule has 2 aliphatic rings. The Bertz CT molecular complexity index is 1270. The Kier molecular flexibility index (Phi) is 6.47. The number of Topliss-reactive ketones (excluding diaryl/α,β-unsaturated/α-hetero) is 1. The van der Waals surface area contributed by atoms with E-state index < -0.39 is 0 Å². The van der Waals surface area contributed by atoms with E-state index in [4.69, 9.17) is 9.47 Å². The van der Waals surface area contributed by atoms with Crippen LogP contribution in [0.3, 0.4) is 0 Å². The van der Waals surface area contributed by atoms with E-state index in [2.05, 4.69) is 29.8 Å². The molecule has 1 aromatic carbocycles. The Morgan fingerprint density at radius 3 is 2.71 bits per heavy atom. The number of esters is 1. The number of ether oxygens (including phenoxy) is 2. The maximum absolute atomic E-state index is 13.1. The lowest BCUT2D eigenvalue weighted by atomic mass is 9.75. The Morgan fingerprint density at radius 2 is 1.94 bits per heavy atom. The van der Waals surface area contributed by atoms with Crippen LogP contribution in [0.15, 0.2) is 42.6 Å². The van der Waals surface area contributed by atoms with Crippen molar-refractivity contribution in [3.8, 4) is 22.4 Å². The first-order valence-corrected chi connectivity index (χ1v) is 12.8. The summed E-state index contributed by atoms with van der Waals surface area (Å²) in [6.45, 7) is 7.37. The highest BCUT2D eigenvalue weighted by Crippen LogP contribution is 2.49. The number of thiophene rings is 1. The minimum absolute atomic E-state index is 0.0692. The van der Waals surface area contributed by atoms with Gasteiger partial charge in [-0.2, -0.15) is 0 Å². The smallest absolute Gasteiger partial charge is 0.309 e. The minimum atomic E-state index is -0.267. The highest BCUT2D eigenvalue weighted by atomic mass is 32.1. The molecule has 0 amide bonds. The van der Waals surface area contributed by atoms with Crippen LogP contribution in [0.2, 0.25) is 0 Å². The molecular formula is C28H30N2O4S. The maximum atomic E-state index is 13.1. The van der Waals surface area contributed by atoms with Gasteiger partial charge in [0.05, 0.1) is 42.3 Å². The maximum Gasteiger partial charge on any atom is 0.309 e. The summed E-state index contributed by atoms with van der Waals surface area (Å²) in [4.78, 5) is 32.8. The van der Waals surface area contributed by atoms with Crippen molar-refractivity contribution < 1.29 is 19.1 Å². The Morgan fingerprint density at radius 1 is 1.14 bits per heavy atom. The number of anilines is 1. The SMILES string of the molecule is COC(=O)Cc1cccc(-c2cc(-c3c(N4CCOCC4)sc4c3CC(C)(C)CC4=O)ccn2)c1. The van der Waals surface area contributed by atoms with Gasteiger partial charge in [-0.1, -0.05) is 32.0 Å². The number of pyridine rings is 1. The number of benzene rings is 1. The fourth-order valence-corrected chi connectivity index (χ4v) is 6.34. The van der Waals surface area contributed by atoms with Crippen LogP contribution in [0.25, 0.3) is 22.4 Å². The van der Waals surface area contributed by atoms with Gasteiger partial charge in [0.15, 0.2) is 5.78 Å². The topological polar surface area (TPSA) is 68.7 Å². The van der Waals surface area contributed by atoms with E-state index in [-0.39, 0.29) is 23.6 Å². The second kappa shape index (κ2) is 9.55. The van der Waals surface area contributed by atoms with Crippen LogP contribution < -0.4 is 4.90 Å². The molecule has 1 aliphatic carbocycles. The quantitative estimate of drug-likeness (QED) is 0.459. The van der Waals surface area contributed by atoms with Gasteiger partial charge in [0.1, 0.15) is 0 Å². The summed E-state index contributed by atoms with van der Waals surface area (Å²) in [5, 5.41) is 1.15. The fraction of sp³-hybridized carbons (Fsp3) is 0.393. The summed E-state index contributed by atoms with van der Waals surface area (Å²) in [7, 11) is 1.40. The number of hydrogen-bond acceptors (Lipinski definition) is 7. The van der Waals surface area contributed by atoms with Crippen molar-refractivity contribution >= 4 is 28.1 Å². The standard InChI is InChI=1S/C28H30N2O4S/c1-28(2)16-21-25(27(30-9-11-34-12-10-30)35-26(21)23(31)17-28)20-7-8-29-22(15-20)19-6-4-5-18(13-19)14-24(32)33-3/h4-8,13,15H,9-12,14,16-17H2,1-3H3. The molecule has 3 heterocycles. The van der Waals surface area contributed by atoms with Gasteiger partial charge in [0.25, 0.3) is 0 Å². The van der Waals surface area contributed by atoms with Crippen molar-refractivity contribution in [1.29, 1.82) is 0 Å². The van der Waals surface area contributed by atoms with E-state index in [1.807, 2.05) is 36.5 Å². The largest absolute Gasteiger partial charge is 0.469 e. The number of carbonyl (C=O) groups excluding carboxylic acids is 2. The molecule has 0 bridgehead atoms. The lowest BCUT2D eigenvalue weighted by Crippen LogP contribution is -2.36. The van der Waals surface area contributed by atoms with Crippen molar-refractivity contribution in [2.24, 2.45) is 5.41 Å². The van der Waals surface area contributed by atoms with Crippen molar-refractivity contribution in [2.75, 3.05) is 38.3 Å².